The van der Waals surface area contributed by atoms with E-state index in [1.165, 1.54) is 0 Å². The van der Waals surface area contributed by atoms with Gasteiger partial charge in [0, 0.05) is 62.8 Å². The number of amides is 2. The molecule has 1 saturated heterocycles. The molecule has 1 aliphatic heterocycles. The van der Waals surface area contributed by atoms with Gasteiger partial charge in [0.15, 0.2) is 0 Å². The van der Waals surface area contributed by atoms with Gasteiger partial charge in [-0.1, -0.05) is 54.6 Å². The molecule has 4 aromatic rings. The maximum atomic E-state index is 13.9. The number of rotatable bonds is 13. The first-order valence-corrected chi connectivity index (χ1v) is 17.7. The molecule has 2 amide bonds. The van der Waals surface area contributed by atoms with Gasteiger partial charge >= 0.3 is 6.18 Å². The van der Waals surface area contributed by atoms with Crippen LogP contribution in [0.1, 0.15) is 55.2 Å². The molecule has 6 rings (SSSR count). The van der Waals surface area contributed by atoms with Crippen molar-refractivity contribution in [3.05, 3.63) is 102 Å². The van der Waals surface area contributed by atoms with Gasteiger partial charge in [-0.3, -0.25) is 24.4 Å². The Kier molecular flexibility index (Phi) is 11.3. The molecule has 4 N–H and O–H groups in total. The third-order valence-electron chi connectivity index (χ3n) is 10.4. The highest BCUT2D eigenvalue weighted by Crippen LogP contribution is 2.35. The lowest BCUT2D eigenvalue weighted by atomic mass is 9.91. The molecular formula is C39H46F3N5O5. The number of pyridine rings is 1. The average molecular weight is 722 g/mol. The largest absolute Gasteiger partial charge is 0.459 e. The number of aliphatic hydroxyl groups is 2. The van der Waals surface area contributed by atoms with Crippen LogP contribution >= 0.6 is 0 Å². The van der Waals surface area contributed by atoms with E-state index in [4.69, 9.17) is 4.42 Å². The van der Waals surface area contributed by atoms with Crippen molar-refractivity contribution in [3.63, 3.8) is 0 Å². The number of piperazine rings is 1. The standard InChI is InChI=1S/C39H46F3N5O5/c1-38(2,34-21-28-22-43-14-12-33(28)52-34)47-17-16-46(31(24-47)37(51)44-15-13-39(40,41)42)23-29(48)19-27(18-25-8-4-3-5-9-25)36(50)45-35-30-11-7-6-10-26(30)20-32(35)49/h3-12,14,21-22,27,29,31-32,35,48-49H,13,15-20,23-24H2,1-2H3,(H,44,51)(H,45,50)/t27-,29-,31-,32+,35-/m0/s1. The van der Waals surface area contributed by atoms with E-state index in [1.54, 1.807) is 23.4 Å². The molecule has 2 aromatic heterocycles. The highest BCUT2D eigenvalue weighted by molar-refractivity contribution is 5.82. The van der Waals surface area contributed by atoms with Crippen molar-refractivity contribution < 1.29 is 37.4 Å². The number of nitrogens with zero attached hydrogens (tertiary/aromatic N) is 3. The van der Waals surface area contributed by atoms with Crippen molar-refractivity contribution in [3.8, 4) is 0 Å². The minimum absolute atomic E-state index is 0.0232. The average Bonchev–Trinajstić information content (AvgIpc) is 3.69. The highest BCUT2D eigenvalue weighted by atomic mass is 19.4. The number of halogens is 3. The zero-order valence-electron chi connectivity index (χ0n) is 29.4. The van der Waals surface area contributed by atoms with Crippen LogP contribution in [0.25, 0.3) is 11.0 Å². The molecule has 2 aromatic carbocycles. The fourth-order valence-electron chi connectivity index (χ4n) is 7.46. The van der Waals surface area contributed by atoms with Crippen LogP contribution in [0, 0.1) is 5.92 Å². The van der Waals surface area contributed by atoms with Gasteiger partial charge < -0.3 is 25.3 Å². The summed E-state index contributed by atoms with van der Waals surface area (Å²) < 4.78 is 45.1. The van der Waals surface area contributed by atoms with Crippen LogP contribution in [0.15, 0.2) is 83.5 Å². The number of alkyl halides is 3. The predicted octanol–water partition coefficient (Wildman–Crippen LogP) is 4.50. The Morgan fingerprint density at radius 1 is 1.06 bits per heavy atom. The summed E-state index contributed by atoms with van der Waals surface area (Å²) in [5.41, 5.74) is 2.72. The molecule has 0 bridgehead atoms. The number of hydrogen-bond donors (Lipinski definition) is 4. The molecule has 10 nitrogen and oxygen atoms in total. The quantitative estimate of drug-likeness (QED) is 0.159. The van der Waals surface area contributed by atoms with E-state index < -0.39 is 60.8 Å². The number of aromatic nitrogens is 1. The molecule has 13 heteroatoms. The molecule has 1 fully saturated rings. The topological polar surface area (TPSA) is 131 Å². The Balaban J connectivity index is 1.18. The molecule has 3 heterocycles. The maximum absolute atomic E-state index is 13.9. The van der Waals surface area contributed by atoms with E-state index in [1.807, 2.05) is 74.5 Å². The van der Waals surface area contributed by atoms with Crippen LogP contribution in [0.4, 0.5) is 13.2 Å². The van der Waals surface area contributed by atoms with E-state index in [2.05, 4.69) is 20.5 Å². The van der Waals surface area contributed by atoms with Crippen LogP contribution in [0.5, 0.6) is 0 Å². The van der Waals surface area contributed by atoms with Gasteiger partial charge in [-0.15, -0.1) is 0 Å². The fourth-order valence-corrected chi connectivity index (χ4v) is 7.46. The third-order valence-corrected chi connectivity index (χ3v) is 10.4. The minimum atomic E-state index is -4.43. The second kappa shape index (κ2) is 15.7. The monoisotopic (exact) mass is 721 g/mol. The van der Waals surface area contributed by atoms with Crippen molar-refractivity contribution in [1.29, 1.82) is 0 Å². The van der Waals surface area contributed by atoms with E-state index in [-0.39, 0.29) is 25.4 Å². The Morgan fingerprint density at radius 3 is 2.56 bits per heavy atom. The Morgan fingerprint density at radius 2 is 1.81 bits per heavy atom. The highest BCUT2D eigenvalue weighted by Gasteiger charge is 2.42. The van der Waals surface area contributed by atoms with Crippen molar-refractivity contribution in [2.24, 2.45) is 5.92 Å². The maximum Gasteiger partial charge on any atom is 0.390 e. The van der Waals surface area contributed by atoms with Crippen LogP contribution in [0.3, 0.4) is 0 Å². The molecule has 0 radical (unpaired) electrons. The zero-order valence-corrected chi connectivity index (χ0v) is 29.4. The van der Waals surface area contributed by atoms with Gasteiger partial charge in [0.25, 0.3) is 0 Å². The molecule has 52 heavy (non-hydrogen) atoms. The molecule has 0 saturated carbocycles. The zero-order chi connectivity index (χ0) is 37.0. The van der Waals surface area contributed by atoms with E-state index in [9.17, 15) is 33.0 Å². The lowest BCUT2D eigenvalue weighted by Gasteiger charge is -2.47. The fraction of sp³-hybridized carbons (Fsp3) is 0.462. The number of furan rings is 1. The van der Waals surface area contributed by atoms with Gasteiger partial charge in [0.2, 0.25) is 11.8 Å². The summed E-state index contributed by atoms with van der Waals surface area (Å²) in [5.74, 6) is -0.889. The van der Waals surface area contributed by atoms with Gasteiger partial charge in [-0.2, -0.15) is 13.2 Å². The number of fused-ring (bicyclic) bond motifs is 2. The van der Waals surface area contributed by atoms with E-state index >= 15 is 0 Å². The van der Waals surface area contributed by atoms with Crippen molar-refractivity contribution in [2.45, 2.75) is 75.5 Å². The molecule has 1 aliphatic carbocycles. The number of carbonyl (C=O) groups excluding carboxylic acids is 2. The summed E-state index contributed by atoms with van der Waals surface area (Å²) in [6.45, 7) is 4.37. The van der Waals surface area contributed by atoms with E-state index in [0.29, 0.717) is 37.3 Å². The second-order valence-corrected chi connectivity index (χ2v) is 14.4. The number of aliphatic hydroxyl groups excluding tert-OH is 2. The predicted molar refractivity (Wildman–Crippen MR) is 189 cm³/mol. The molecule has 5 atom stereocenters. The van der Waals surface area contributed by atoms with Crippen molar-refractivity contribution in [1.82, 2.24) is 25.4 Å². The Hall–Kier alpha value is -4.30. The van der Waals surface area contributed by atoms with Crippen LogP contribution in [0.2, 0.25) is 0 Å². The Bertz CT molecular complexity index is 1800. The Labute approximate surface area is 301 Å². The summed E-state index contributed by atoms with van der Waals surface area (Å²) >= 11 is 0. The normalized spacial score (nSPS) is 21.1. The molecule has 2 aliphatic rings. The van der Waals surface area contributed by atoms with Gasteiger partial charge in [-0.05, 0) is 55.5 Å². The van der Waals surface area contributed by atoms with E-state index in [0.717, 1.165) is 22.1 Å². The molecule has 0 unspecified atom stereocenters. The van der Waals surface area contributed by atoms with Gasteiger partial charge in [0.05, 0.1) is 30.2 Å². The SMILES string of the molecule is CC(C)(c1cc2cnccc2o1)N1CCN(C[C@@H](O)C[C@H](Cc2ccccc2)C(=O)N[C@H]2c3ccccc3C[C@H]2O)[C@H](C(=O)NCCC(F)(F)F)C1. The summed E-state index contributed by atoms with van der Waals surface area (Å²) in [5, 5.41) is 28.7. The number of benzene rings is 2. The summed E-state index contributed by atoms with van der Waals surface area (Å²) in [6.07, 6.45) is -3.25. The molecule has 278 valence electrons. The summed E-state index contributed by atoms with van der Waals surface area (Å²) in [4.78, 5) is 35.5. The van der Waals surface area contributed by atoms with Crippen LogP contribution < -0.4 is 10.6 Å². The van der Waals surface area contributed by atoms with Crippen LogP contribution in [-0.2, 0) is 28.0 Å². The number of hydrogen-bond acceptors (Lipinski definition) is 8. The number of carbonyl (C=O) groups is 2. The summed E-state index contributed by atoms with van der Waals surface area (Å²) in [6, 6.07) is 19.2. The van der Waals surface area contributed by atoms with Gasteiger partial charge in [0.1, 0.15) is 17.4 Å². The van der Waals surface area contributed by atoms with Crippen molar-refractivity contribution >= 4 is 22.8 Å². The molecular weight excluding hydrogens is 675 g/mol. The third kappa shape index (κ3) is 8.83. The van der Waals surface area contributed by atoms with Crippen molar-refractivity contribution in [2.75, 3.05) is 32.7 Å². The number of nitrogens with one attached hydrogen (secondary N) is 2. The lowest BCUT2D eigenvalue weighted by molar-refractivity contribution is -0.139. The second-order valence-electron chi connectivity index (χ2n) is 14.4. The lowest BCUT2D eigenvalue weighted by Crippen LogP contribution is -2.63. The van der Waals surface area contributed by atoms with Gasteiger partial charge in [-0.25, -0.2) is 0 Å². The summed E-state index contributed by atoms with van der Waals surface area (Å²) in [7, 11) is 0. The number of β-amino-alcohol motifs (C(OH)–C–C–N with tert-alkyl or cyclic N) is 1. The smallest absolute Gasteiger partial charge is 0.390 e. The first-order valence-electron chi connectivity index (χ1n) is 17.7. The molecule has 0 spiro atoms. The van der Waals surface area contributed by atoms with Crippen LogP contribution in [-0.4, -0.2) is 94.0 Å². The minimum Gasteiger partial charge on any atom is -0.459 e. The first-order chi connectivity index (χ1) is 24.8. The first kappa shape index (κ1) is 37.5.